The van der Waals surface area contributed by atoms with Crippen molar-refractivity contribution in [3.05, 3.63) is 29.6 Å². The number of anilines is 1. The van der Waals surface area contributed by atoms with Gasteiger partial charge in [0.2, 0.25) is 0 Å². The van der Waals surface area contributed by atoms with E-state index in [4.69, 9.17) is 4.74 Å². The van der Waals surface area contributed by atoms with Crippen LogP contribution in [0.2, 0.25) is 0 Å². The maximum absolute atomic E-state index is 12.9. The number of benzene rings is 1. The number of halogens is 1. The topological polar surface area (TPSA) is 41.5 Å². The summed E-state index contributed by atoms with van der Waals surface area (Å²) in [5, 5.41) is 12.9. The fraction of sp³-hybridized carbons (Fsp3) is 0.625. The van der Waals surface area contributed by atoms with Crippen LogP contribution >= 0.6 is 0 Å². The molecule has 4 heteroatoms. The molecule has 0 heterocycles. The van der Waals surface area contributed by atoms with Gasteiger partial charge >= 0.3 is 0 Å². The first-order valence-electron chi connectivity index (χ1n) is 7.25. The molecule has 0 aromatic heterocycles. The third kappa shape index (κ3) is 6.87. The van der Waals surface area contributed by atoms with Crippen molar-refractivity contribution >= 4 is 5.69 Å². The number of hydrogen-bond acceptors (Lipinski definition) is 3. The van der Waals surface area contributed by atoms with Crippen molar-refractivity contribution in [2.75, 3.05) is 25.1 Å². The number of hydrogen-bond donors (Lipinski definition) is 2. The average molecular weight is 283 g/mol. The number of rotatable bonds is 9. The van der Waals surface area contributed by atoms with E-state index in [0.29, 0.717) is 25.7 Å². The van der Waals surface area contributed by atoms with E-state index in [1.54, 1.807) is 6.07 Å². The summed E-state index contributed by atoms with van der Waals surface area (Å²) in [4.78, 5) is 0. The van der Waals surface area contributed by atoms with Gasteiger partial charge in [-0.3, -0.25) is 0 Å². The van der Waals surface area contributed by atoms with Gasteiger partial charge in [-0.2, -0.15) is 0 Å². The van der Waals surface area contributed by atoms with E-state index in [1.807, 2.05) is 6.92 Å². The Balaban J connectivity index is 2.18. The maximum atomic E-state index is 12.9. The molecule has 0 radical (unpaired) electrons. The van der Waals surface area contributed by atoms with E-state index < -0.39 is 6.10 Å². The maximum Gasteiger partial charge on any atom is 0.123 e. The summed E-state index contributed by atoms with van der Waals surface area (Å²) in [5.74, 6) is 0.439. The van der Waals surface area contributed by atoms with Gasteiger partial charge in [-0.1, -0.05) is 13.8 Å². The Morgan fingerprint density at radius 2 is 2.10 bits per heavy atom. The Hall–Kier alpha value is -1.13. The van der Waals surface area contributed by atoms with Crippen LogP contribution in [0.5, 0.6) is 0 Å². The molecule has 1 atom stereocenters. The molecule has 0 bridgehead atoms. The highest BCUT2D eigenvalue weighted by Crippen LogP contribution is 2.15. The van der Waals surface area contributed by atoms with E-state index in [-0.39, 0.29) is 5.82 Å². The van der Waals surface area contributed by atoms with E-state index in [0.717, 1.165) is 24.1 Å². The molecule has 0 spiro atoms. The Kier molecular flexibility index (Phi) is 7.55. The van der Waals surface area contributed by atoms with Crippen LogP contribution in [0.3, 0.4) is 0 Å². The summed E-state index contributed by atoms with van der Waals surface area (Å²) < 4.78 is 18.4. The molecular weight excluding hydrogens is 257 g/mol. The van der Waals surface area contributed by atoms with E-state index >= 15 is 0 Å². The SMILES string of the molecule is Cc1cc(F)ccc1NCC(O)COCCCC(C)C. The van der Waals surface area contributed by atoms with Gasteiger partial charge in [0, 0.05) is 18.8 Å². The smallest absolute Gasteiger partial charge is 0.123 e. The fourth-order valence-electron chi connectivity index (χ4n) is 1.93. The molecule has 0 fully saturated rings. The lowest BCUT2D eigenvalue weighted by Crippen LogP contribution is -2.25. The standard InChI is InChI=1S/C16H26FNO2/c1-12(2)5-4-8-20-11-15(19)10-18-16-7-6-14(17)9-13(16)3/h6-7,9,12,15,18-19H,4-5,8,10-11H2,1-3H3. The molecule has 0 aliphatic carbocycles. The minimum Gasteiger partial charge on any atom is -0.389 e. The Morgan fingerprint density at radius 1 is 1.35 bits per heavy atom. The van der Waals surface area contributed by atoms with Crippen LogP contribution < -0.4 is 5.32 Å². The van der Waals surface area contributed by atoms with Crippen LogP contribution in [0.25, 0.3) is 0 Å². The fourth-order valence-corrected chi connectivity index (χ4v) is 1.93. The minimum atomic E-state index is -0.557. The second-order valence-electron chi connectivity index (χ2n) is 5.60. The molecule has 1 unspecified atom stereocenters. The molecule has 1 aromatic rings. The average Bonchev–Trinajstić information content (AvgIpc) is 2.37. The molecule has 1 aromatic carbocycles. The van der Waals surface area contributed by atoms with Crippen LogP contribution in [-0.2, 0) is 4.74 Å². The van der Waals surface area contributed by atoms with E-state index in [1.165, 1.54) is 12.1 Å². The number of aryl methyl sites for hydroxylation is 1. The number of aliphatic hydroxyl groups excluding tert-OH is 1. The van der Waals surface area contributed by atoms with Crippen LogP contribution in [0.4, 0.5) is 10.1 Å². The third-order valence-corrected chi connectivity index (χ3v) is 3.10. The number of nitrogens with one attached hydrogen (secondary N) is 1. The second kappa shape index (κ2) is 8.93. The summed E-state index contributed by atoms with van der Waals surface area (Å²) in [6.45, 7) is 7.61. The summed E-state index contributed by atoms with van der Waals surface area (Å²) >= 11 is 0. The number of ether oxygens (including phenoxy) is 1. The van der Waals surface area contributed by atoms with Gasteiger partial charge in [-0.25, -0.2) is 4.39 Å². The van der Waals surface area contributed by atoms with Crippen molar-refractivity contribution in [2.24, 2.45) is 5.92 Å². The van der Waals surface area contributed by atoms with Gasteiger partial charge in [0.1, 0.15) is 5.82 Å². The lowest BCUT2D eigenvalue weighted by Gasteiger charge is -2.15. The van der Waals surface area contributed by atoms with E-state index in [9.17, 15) is 9.50 Å². The van der Waals surface area contributed by atoms with Gasteiger partial charge in [0.15, 0.2) is 0 Å². The molecule has 0 aliphatic heterocycles. The van der Waals surface area contributed by atoms with Gasteiger partial charge < -0.3 is 15.2 Å². The Labute approximate surface area is 121 Å². The van der Waals surface area contributed by atoms with Crippen molar-refractivity contribution in [3.8, 4) is 0 Å². The predicted molar refractivity (Wildman–Crippen MR) is 80.5 cm³/mol. The largest absolute Gasteiger partial charge is 0.389 e. The van der Waals surface area contributed by atoms with Crippen LogP contribution in [0.15, 0.2) is 18.2 Å². The van der Waals surface area contributed by atoms with Crippen molar-refractivity contribution in [3.63, 3.8) is 0 Å². The highest BCUT2D eigenvalue weighted by molar-refractivity contribution is 5.50. The zero-order chi connectivity index (χ0) is 15.0. The zero-order valence-corrected chi connectivity index (χ0v) is 12.7. The number of aliphatic hydroxyl groups is 1. The summed E-state index contributed by atoms with van der Waals surface area (Å²) in [6, 6.07) is 4.56. The van der Waals surface area contributed by atoms with Crippen molar-refractivity contribution in [1.82, 2.24) is 0 Å². The molecule has 0 saturated heterocycles. The monoisotopic (exact) mass is 283 g/mol. The summed E-state index contributed by atoms with van der Waals surface area (Å²) in [6.07, 6.45) is 1.61. The lowest BCUT2D eigenvalue weighted by atomic mass is 10.1. The molecule has 0 aliphatic rings. The summed E-state index contributed by atoms with van der Waals surface area (Å²) in [7, 11) is 0. The van der Waals surface area contributed by atoms with Gasteiger partial charge in [0.25, 0.3) is 0 Å². The molecule has 0 saturated carbocycles. The molecule has 114 valence electrons. The van der Waals surface area contributed by atoms with Crippen LogP contribution in [0.1, 0.15) is 32.3 Å². The van der Waals surface area contributed by atoms with Gasteiger partial charge in [0.05, 0.1) is 12.7 Å². The molecular formula is C16H26FNO2. The molecule has 3 nitrogen and oxygen atoms in total. The third-order valence-electron chi connectivity index (χ3n) is 3.10. The van der Waals surface area contributed by atoms with Gasteiger partial charge in [-0.15, -0.1) is 0 Å². The molecule has 2 N–H and O–H groups in total. The predicted octanol–water partition coefficient (Wildman–Crippen LogP) is 3.36. The zero-order valence-electron chi connectivity index (χ0n) is 12.7. The van der Waals surface area contributed by atoms with Crippen LogP contribution in [-0.4, -0.2) is 31.0 Å². The molecule has 0 amide bonds. The first kappa shape index (κ1) is 16.9. The normalized spacial score (nSPS) is 12.7. The van der Waals surface area contributed by atoms with Crippen molar-refractivity contribution in [1.29, 1.82) is 0 Å². The molecule has 20 heavy (non-hydrogen) atoms. The van der Waals surface area contributed by atoms with Crippen molar-refractivity contribution in [2.45, 2.75) is 39.7 Å². The lowest BCUT2D eigenvalue weighted by molar-refractivity contribution is 0.0409. The Morgan fingerprint density at radius 3 is 2.75 bits per heavy atom. The highest BCUT2D eigenvalue weighted by Gasteiger charge is 2.06. The van der Waals surface area contributed by atoms with Crippen LogP contribution in [0, 0.1) is 18.7 Å². The van der Waals surface area contributed by atoms with E-state index in [2.05, 4.69) is 19.2 Å². The van der Waals surface area contributed by atoms with Gasteiger partial charge in [-0.05, 0) is 49.4 Å². The highest BCUT2D eigenvalue weighted by atomic mass is 19.1. The molecule has 1 rings (SSSR count). The quantitative estimate of drug-likeness (QED) is 0.683. The first-order valence-corrected chi connectivity index (χ1v) is 7.25. The Bertz CT molecular complexity index is 396. The second-order valence-corrected chi connectivity index (χ2v) is 5.60. The first-order chi connectivity index (χ1) is 9.49. The van der Waals surface area contributed by atoms with Crippen molar-refractivity contribution < 1.29 is 14.2 Å². The minimum absolute atomic E-state index is 0.248. The summed E-state index contributed by atoms with van der Waals surface area (Å²) in [5.41, 5.74) is 1.67.